The molecule has 1 N–H and O–H groups in total. The standard InChI is InChI=1S/C13H16O/c1-9(2)13(11(4)14)12-8-6-5-7-10(12)3/h5-9,14H,3-4H2,1-2H3/b13-12-. The lowest BCUT2D eigenvalue weighted by molar-refractivity contribution is 0.431. The first-order valence-corrected chi connectivity index (χ1v) is 4.70. The Bertz CT molecular complexity index is 441. The van der Waals surface area contributed by atoms with Gasteiger partial charge in [-0.1, -0.05) is 51.3 Å². The summed E-state index contributed by atoms with van der Waals surface area (Å²) in [4.78, 5) is 0. The summed E-state index contributed by atoms with van der Waals surface area (Å²) >= 11 is 0. The van der Waals surface area contributed by atoms with Crippen molar-refractivity contribution >= 4 is 12.2 Å². The zero-order valence-corrected chi connectivity index (χ0v) is 8.75. The van der Waals surface area contributed by atoms with Crippen LogP contribution in [0.15, 0.2) is 36.6 Å². The number of benzene rings is 1. The summed E-state index contributed by atoms with van der Waals surface area (Å²) in [6.07, 6.45) is 0. The van der Waals surface area contributed by atoms with Gasteiger partial charge in [0.2, 0.25) is 0 Å². The third-order valence-corrected chi connectivity index (χ3v) is 2.20. The molecule has 0 spiro atoms. The van der Waals surface area contributed by atoms with Gasteiger partial charge in [-0.05, 0) is 16.4 Å². The molecule has 14 heavy (non-hydrogen) atoms. The van der Waals surface area contributed by atoms with Gasteiger partial charge in [0.25, 0.3) is 0 Å². The molecular formula is C13H16O. The Morgan fingerprint density at radius 1 is 1.29 bits per heavy atom. The first-order valence-electron chi connectivity index (χ1n) is 4.70. The number of aliphatic hydroxyl groups is 1. The molecule has 0 saturated heterocycles. The molecule has 1 rings (SSSR count). The minimum Gasteiger partial charge on any atom is -0.508 e. The van der Waals surface area contributed by atoms with Crippen molar-refractivity contribution in [2.45, 2.75) is 13.8 Å². The Balaban J connectivity index is 3.61. The number of rotatable bonds is 2. The maximum absolute atomic E-state index is 9.50. The molecule has 0 amide bonds. The van der Waals surface area contributed by atoms with E-state index in [4.69, 9.17) is 0 Å². The van der Waals surface area contributed by atoms with E-state index in [0.29, 0.717) is 0 Å². The third-order valence-electron chi connectivity index (χ3n) is 2.20. The maximum Gasteiger partial charge on any atom is 0.112 e. The van der Waals surface area contributed by atoms with Crippen molar-refractivity contribution in [2.75, 3.05) is 0 Å². The lowest BCUT2D eigenvalue weighted by Gasteiger charge is -2.09. The normalized spacial score (nSPS) is 12.8. The first kappa shape index (κ1) is 10.6. The van der Waals surface area contributed by atoms with Gasteiger partial charge >= 0.3 is 0 Å². The molecule has 0 aromatic heterocycles. The highest BCUT2D eigenvalue weighted by molar-refractivity contribution is 5.61. The smallest absolute Gasteiger partial charge is 0.112 e. The van der Waals surface area contributed by atoms with Gasteiger partial charge in [-0.25, -0.2) is 0 Å². The molecule has 0 fully saturated rings. The molecule has 0 aliphatic rings. The van der Waals surface area contributed by atoms with Gasteiger partial charge in [0.15, 0.2) is 0 Å². The SMILES string of the molecule is C=C(O)/C(=c1/ccccc1=C)C(C)C. The largest absolute Gasteiger partial charge is 0.508 e. The van der Waals surface area contributed by atoms with E-state index >= 15 is 0 Å². The number of hydrogen-bond acceptors (Lipinski definition) is 1. The van der Waals surface area contributed by atoms with E-state index in [1.807, 2.05) is 38.1 Å². The van der Waals surface area contributed by atoms with E-state index in [-0.39, 0.29) is 11.7 Å². The molecule has 1 heteroatoms. The topological polar surface area (TPSA) is 20.2 Å². The third kappa shape index (κ3) is 2.05. The van der Waals surface area contributed by atoms with E-state index in [0.717, 1.165) is 16.0 Å². The number of allylic oxidation sites excluding steroid dienone is 1. The van der Waals surface area contributed by atoms with Crippen LogP contribution < -0.4 is 10.4 Å². The fourth-order valence-corrected chi connectivity index (χ4v) is 1.58. The van der Waals surface area contributed by atoms with Crippen LogP contribution in [-0.2, 0) is 0 Å². The second-order valence-corrected chi connectivity index (χ2v) is 3.67. The predicted octanol–water partition coefficient (Wildman–Crippen LogP) is 1.98. The van der Waals surface area contributed by atoms with Gasteiger partial charge in [0.05, 0.1) is 0 Å². The van der Waals surface area contributed by atoms with Gasteiger partial charge < -0.3 is 5.11 Å². The van der Waals surface area contributed by atoms with Crippen LogP contribution in [0.5, 0.6) is 0 Å². The molecule has 0 saturated carbocycles. The molecule has 1 aromatic rings. The summed E-state index contributed by atoms with van der Waals surface area (Å²) in [5.74, 6) is 0.381. The molecule has 0 aliphatic carbocycles. The predicted molar refractivity (Wildman–Crippen MR) is 61.2 cm³/mol. The quantitative estimate of drug-likeness (QED) is 0.704. The lowest BCUT2D eigenvalue weighted by Crippen LogP contribution is -2.27. The molecule has 0 radical (unpaired) electrons. The summed E-state index contributed by atoms with van der Waals surface area (Å²) in [6.45, 7) is 11.6. The maximum atomic E-state index is 9.50. The van der Waals surface area contributed by atoms with Crippen LogP contribution in [0.1, 0.15) is 13.8 Å². The van der Waals surface area contributed by atoms with E-state index in [9.17, 15) is 5.11 Å². The Morgan fingerprint density at radius 3 is 2.29 bits per heavy atom. The minimum absolute atomic E-state index is 0.135. The van der Waals surface area contributed by atoms with Crippen molar-refractivity contribution in [2.24, 2.45) is 5.92 Å². The molecule has 1 nitrogen and oxygen atoms in total. The highest BCUT2D eigenvalue weighted by Crippen LogP contribution is 2.14. The Labute approximate surface area is 84.7 Å². The van der Waals surface area contributed by atoms with Crippen LogP contribution >= 0.6 is 0 Å². The van der Waals surface area contributed by atoms with E-state index in [1.54, 1.807) is 0 Å². The summed E-state index contributed by atoms with van der Waals surface area (Å²) in [5.41, 5.74) is 0.871. The van der Waals surface area contributed by atoms with Crippen LogP contribution in [-0.4, -0.2) is 5.11 Å². The average molecular weight is 188 g/mol. The molecule has 0 unspecified atom stereocenters. The van der Waals surface area contributed by atoms with E-state index in [1.165, 1.54) is 0 Å². The van der Waals surface area contributed by atoms with Crippen molar-refractivity contribution in [3.05, 3.63) is 47.0 Å². The van der Waals surface area contributed by atoms with Crippen molar-refractivity contribution < 1.29 is 5.11 Å². The Morgan fingerprint density at radius 2 is 1.86 bits per heavy atom. The van der Waals surface area contributed by atoms with Crippen molar-refractivity contribution in [1.82, 2.24) is 0 Å². The molecule has 0 bridgehead atoms. The van der Waals surface area contributed by atoms with E-state index < -0.39 is 0 Å². The fourth-order valence-electron chi connectivity index (χ4n) is 1.58. The Kier molecular flexibility index (Phi) is 3.13. The van der Waals surface area contributed by atoms with Crippen molar-refractivity contribution in [3.8, 4) is 0 Å². The monoisotopic (exact) mass is 188 g/mol. The van der Waals surface area contributed by atoms with Crippen LogP contribution in [0.2, 0.25) is 0 Å². The van der Waals surface area contributed by atoms with Crippen LogP contribution in [0.4, 0.5) is 0 Å². The highest BCUT2D eigenvalue weighted by atomic mass is 16.3. The molecule has 0 atom stereocenters. The zero-order valence-electron chi connectivity index (χ0n) is 8.75. The second kappa shape index (κ2) is 4.14. The summed E-state index contributed by atoms with van der Waals surface area (Å²) < 4.78 is 0. The number of hydrogen-bond donors (Lipinski definition) is 1. The van der Waals surface area contributed by atoms with Crippen molar-refractivity contribution in [1.29, 1.82) is 0 Å². The second-order valence-electron chi connectivity index (χ2n) is 3.67. The van der Waals surface area contributed by atoms with Gasteiger partial charge in [-0.2, -0.15) is 0 Å². The molecule has 1 aromatic carbocycles. The first-order chi connectivity index (χ1) is 6.54. The number of aliphatic hydroxyl groups excluding tert-OH is 1. The zero-order chi connectivity index (χ0) is 10.7. The fraction of sp³-hybridized carbons (Fsp3) is 0.231. The van der Waals surface area contributed by atoms with Gasteiger partial charge in [0.1, 0.15) is 5.76 Å². The van der Waals surface area contributed by atoms with Crippen molar-refractivity contribution in [3.63, 3.8) is 0 Å². The van der Waals surface area contributed by atoms with Crippen LogP contribution in [0.25, 0.3) is 12.2 Å². The van der Waals surface area contributed by atoms with Crippen LogP contribution in [0.3, 0.4) is 0 Å². The molecule has 0 heterocycles. The van der Waals surface area contributed by atoms with Crippen LogP contribution in [0, 0.1) is 5.92 Å². The summed E-state index contributed by atoms with van der Waals surface area (Å²) in [5, 5.41) is 11.4. The molecule has 0 aliphatic heterocycles. The summed E-state index contributed by atoms with van der Waals surface area (Å²) in [6, 6.07) is 7.76. The van der Waals surface area contributed by atoms with Gasteiger partial charge in [-0.15, -0.1) is 0 Å². The molecule has 74 valence electrons. The minimum atomic E-state index is 0.135. The summed E-state index contributed by atoms with van der Waals surface area (Å²) in [7, 11) is 0. The van der Waals surface area contributed by atoms with E-state index in [2.05, 4.69) is 13.2 Å². The lowest BCUT2D eigenvalue weighted by atomic mass is 9.98. The Hall–Kier alpha value is -1.50. The molecular weight excluding hydrogens is 172 g/mol. The highest BCUT2D eigenvalue weighted by Gasteiger charge is 2.07. The van der Waals surface area contributed by atoms with Gasteiger partial charge in [-0.3, -0.25) is 0 Å². The van der Waals surface area contributed by atoms with Gasteiger partial charge in [0, 0.05) is 5.57 Å². The average Bonchev–Trinajstić information content (AvgIpc) is 2.07.